The van der Waals surface area contributed by atoms with Crippen molar-refractivity contribution in [2.45, 2.75) is 57.1 Å². The maximum atomic E-state index is 9.90. The van der Waals surface area contributed by atoms with E-state index in [2.05, 4.69) is 24.8 Å². The zero-order chi connectivity index (χ0) is 15.3. The summed E-state index contributed by atoms with van der Waals surface area (Å²) in [5.41, 5.74) is 3.01. The first-order chi connectivity index (χ1) is 10.6. The van der Waals surface area contributed by atoms with Crippen molar-refractivity contribution in [3.8, 4) is 5.75 Å². The Morgan fingerprint density at radius 3 is 3.05 bits per heavy atom. The third-order valence-corrected chi connectivity index (χ3v) is 6.57. The van der Waals surface area contributed by atoms with Gasteiger partial charge in [-0.05, 0) is 66.8 Å². The number of hydrogen-bond donors (Lipinski definition) is 1. The summed E-state index contributed by atoms with van der Waals surface area (Å²) in [5.74, 6) is 1.03. The van der Waals surface area contributed by atoms with E-state index >= 15 is 0 Å². The van der Waals surface area contributed by atoms with Crippen LogP contribution in [0.3, 0.4) is 0 Å². The van der Waals surface area contributed by atoms with Crippen LogP contribution in [0.5, 0.6) is 5.75 Å². The molecule has 0 aromatic heterocycles. The first kappa shape index (κ1) is 14.5. The first-order valence-corrected chi connectivity index (χ1v) is 8.76. The normalized spacial score (nSPS) is 38.0. The summed E-state index contributed by atoms with van der Waals surface area (Å²) in [6, 6.07) is 6.60. The summed E-state index contributed by atoms with van der Waals surface area (Å²) in [5, 5.41) is 9.90. The lowest BCUT2D eigenvalue weighted by atomic mass is 9.59. The smallest absolute Gasteiger partial charge is 0.115 e. The van der Waals surface area contributed by atoms with Crippen molar-refractivity contribution in [2.75, 3.05) is 19.7 Å². The summed E-state index contributed by atoms with van der Waals surface area (Å²) < 4.78 is 5.86. The van der Waals surface area contributed by atoms with E-state index in [1.54, 1.807) is 0 Å². The van der Waals surface area contributed by atoms with Crippen LogP contribution in [0.4, 0.5) is 0 Å². The van der Waals surface area contributed by atoms with Gasteiger partial charge in [-0.3, -0.25) is 4.90 Å². The number of fused-ring (bicyclic) bond motifs is 4. The monoisotopic (exact) mass is 301 g/mol. The van der Waals surface area contributed by atoms with Crippen molar-refractivity contribution in [3.05, 3.63) is 29.3 Å². The van der Waals surface area contributed by atoms with Gasteiger partial charge < -0.3 is 9.84 Å². The van der Waals surface area contributed by atoms with Crippen LogP contribution in [-0.4, -0.2) is 41.8 Å². The van der Waals surface area contributed by atoms with E-state index in [1.807, 2.05) is 12.1 Å². The molecule has 1 aromatic carbocycles. The van der Waals surface area contributed by atoms with E-state index in [1.165, 1.54) is 30.4 Å². The zero-order valence-electron chi connectivity index (χ0n) is 13.7. The van der Waals surface area contributed by atoms with Gasteiger partial charge in [-0.1, -0.05) is 19.9 Å². The maximum Gasteiger partial charge on any atom is 0.115 e. The lowest BCUT2D eigenvalue weighted by Crippen LogP contribution is -2.59. The number of hydrogen-bond acceptors (Lipinski definition) is 3. The van der Waals surface area contributed by atoms with E-state index in [9.17, 15) is 5.11 Å². The van der Waals surface area contributed by atoms with E-state index in [0.717, 1.165) is 26.1 Å². The molecule has 2 aliphatic heterocycles. The minimum absolute atomic E-state index is 0.198. The Labute approximate surface area is 133 Å². The van der Waals surface area contributed by atoms with Crippen LogP contribution < -0.4 is 0 Å². The van der Waals surface area contributed by atoms with Crippen LogP contribution >= 0.6 is 0 Å². The van der Waals surface area contributed by atoms with Crippen molar-refractivity contribution in [1.29, 1.82) is 0 Å². The number of piperidine rings is 1. The standard InChI is InChI=1S/C19H27NO2/c1-13-18-10-14-5-6-15(21)11-17(14)19(13,2)7-8-20(18)12-16-4-3-9-22-16/h5-6,11,13,16,18,21H,3-4,7-10,12H2,1-2H3/t13-,16-,18-,19-/m1/s1. The van der Waals surface area contributed by atoms with E-state index in [-0.39, 0.29) is 5.41 Å². The van der Waals surface area contributed by atoms with Crippen molar-refractivity contribution in [1.82, 2.24) is 4.90 Å². The van der Waals surface area contributed by atoms with Crippen LogP contribution in [0, 0.1) is 5.92 Å². The number of likely N-dealkylation sites (tertiary alicyclic amines) is 1. The Morgan fingerprint density at radius 1 is 1.41 bits per heavy atom. The van der Waals surface area contributed by atoms with Gasteiger partial charge in [-0.15, -0.1) is 0 Å². The van der Waals surface area contributed by atoms with Crippen LogP contribution in [-0.2, 0) is 16.6 Å². The fourth-order valence-corrected chi connectivity index (χ4v) is 4.97. The molecule has 2 bridgehead atoms. The van der Waals surface area contributed by atoms with Crippen LogP contribution in [0.25, 0.3) is 0 Å². The summed E-state index contributed by atoms with van der Waals surface area (Å²) in [6.07, 6.45) is 5.17. The number of nitrogens with zero attached hydrogens (tertiary/aromatic N) is 1. The van der Waals surface area contributed by atoms with Crippen molar-refractivity contribution < 1.29 is 9.84 Å². The van der Waals surface area contributed by atoms with Crippen LogP contribution in [0.1, 0.15) is 44.2 Å². The van der Waals surface area contributed by atoms with Gasteiger partial charge in [-0.25, -0.2) is 0 Å². The number of rotatable bonds is 2. The fourth-order valence-electron chi connectivity index (χ4n) is 4.97. The molecule has 0 amide bonds. The average molecular weight is 301 g/mol. The molecule has 3 nitrogen and oxygen atoms in total. The molecule has 0 saturated carbocycles. The fraction of sp³-hybridized carbons (Fsp3) is 0.684. The molecule has 120 valence electrons. The second kappa shape index (κ2) is 5.24. The molecule has 22 heavy (non-hydrogen) atoms. The Morgan fingerprint density at radius 2 is 2.27 bits per heavy atom. The molecule has 0 radical (unpaired) electrons. The molecule has 2 saturated heterocycles. The highest BCUT2D eigenvalue weighted by molar-refractivity contribution is 5.44. The summed E-state index contributed by atoms with van der Waals surface area (Å²) >= 11 is 0. The molecule has 3 heteroatoms. The third-order valence-electron chi connectivity index (χ3n) is 6.57. The molecule has 0 unspecified atom stereocenters. The zero-order valence-corrected chi connectivity index (χ0v) is 13.7. The molecular formula is C19H27NO2. The SMILES string of the molecule is C[C@@H]1[C@H]2Cc3ccc(O)cc3[C@]1(C)CCN2C[C@H]1CCCO1. The van der Waals surface area contributed by atoms with Gasteiger partial charge in [0.15, 0.2) is 0 Å². The minimum atomic E-state index is 0.198. The number of benzene rings is 1. The highest BCUT2D eigenvalue weighted by atomic mass is 16.5. The van der Waals surface area contributed by atoms with Gasteiger partial charge in [0, 0.05) is 19.2 Å². The quantitative estimate of drug-likeness (QED) is 0.911. The maximum absolute atomic E-state index is 9.90. The average Bonchev–Trinajstić information content (AvgIpc) is 3.00. The molecule has 2 fully saturated rings. The van der Waals surface area contributed by atoms with Gasteiger partial charge in [0.2, 0.25) is 0 Å². The Balaban J connectivity index is 1.63. The second-order valence-corrected chi connectivity index (χ2v) is 7.70. The Kier molecular flexibility index (Phi) is 3.46. The number of aromatic hydroxyl groups is 1. The highest BCUT2D eigenvalue weighted by Gasteiger charge is 2.48. The predicted molar refractivity (Wildman–Crippen MR) is 87.3 cm³/mol. The molecule has 0 spiro atoms. The summed E-state index contributed by atoms with van der Waals surface area (Å²) in [7, 11) is 0. The topological polar surface area (TPSA) is 32.7 Å². The minimum Gasteiger partial charge on any atom is -0.508 e. The first-order valence-electron chi connectivity index (χ1n) is 8.76. The van der Waals surface area contributed by atoms with Gasteiger partial charge >= 0.3 is 0 Å². The van der Waals surface area contributed by atoms with Gasteiger partial charge in [0.25, 0.3) is 0 Å². The molecule has 4 rings (SSSR count). The highest BCUT2D eigenvalue weighted by Crippen LogP contribution is 2.49. The molecule has 2 heterocycles. The number of ether oxygens (including phenoxy) is 1. The predicted octanol–water partition coefficient (Wildman–Crippen LogP) is 3.10. The van der Waals surface area contributed by atoms with Crippen LogP contribution in [0.15, 0.2) is 18.2 Å². The lowest BCUT2D eigenvalue weighted by molar-refractivity contribution is -0.00671. The number of phenols is 1. The van der Waals surface area contributed by atoms with Crippen molar-refractivity contribution in [2.24, 2.45) is 5.92 Å². The van der Waals surface area contributed by atoms with Gasteiger partial charge in [0.05, 0.1) is 6.10 Å². The van der Waals surface area contributed by atoms with Crippen molar-refractivity contribution >= 4 is 0 Å². The van der Waals surface area contributed by atoms with E-state index in [4.69, 9.17) is 4.74 Å². The lowest BCUT2D eigenvalue weighted by Gasteiger charge is -2.55. The molecule has 4 atom stereocenters. The molecule has 1 N–H and O–H groups in total. The Hall–Kier alpha value is -1.06. The van der Waals surface area contributed by atoms with Crippen molar-refractivity contribution in [3.63, 3.8) is 0 Å². The molecule has 3 aliphatic rings. The van der Waals surface area contributed by atoms with Crippen LogP contribution in [0.2, 0.25) is 0 Å². The summed E-state index contributed by atoms with van der Waals surface area (Å²) in [6.45, 7) is 7.99. The molecule has 1 aliphatic carbocycles. The van der Waals surface area contributed by atoms with Gasteiger partial charge in [0.1, 0.15) is 5.75 Å². The third kappa shape index (κ3) is 2.17. The van der Waals surface area contributed by atoms with E-state index < -0.39 is 0 Å². The molecular weight excluding hydrogens is 274 g/mol. The van der Waals surface area contributed by atoms with Gasteiger partial charge in [-0.2, -0.15) is 0 Å². The second-order valence-electron chi connectivity index (χ2n) is 7.70. The summed E-state index contributed by atoms with van der Waals surface area (Å²) in [4.78, 5) is 2.68. The van der Waals surface area contributed by atoms with E-state index in [0.29, 0.717) is 23.8 Å². The molecule has 1 aromatic rings. The Bertz CT molecular complexity index is 567. The largest absolute Gasteiger partial charge is 0.508 e. The number of phenolic OH excluding ortho intramolecular Hbond substituents is 1.